The standard InChI is InChI=1S/C28H27ClF2N2O4S/c29-20-10-8-19(9-11-20)28(32-25-14-23(30)24(31)15-26(25)33-28)22(17-4-2-1-3-5-17)16-38(36,37)21-12-6-18(7-13-21)27(34)35/h6-15,17,22,32-33H,1-5,16H2,(H,34,35). The van der Waals surface area contributed by atoms with Crippen LogP contribution in [0.4, 0.5) is 20.2 Å². The Morgan fingerprint density at radius 2 is 1.50 bits per heavy atom. The molecule has 10 heteroatoms. The van der Waals surface area contributed by atoms with E-state index >= 15 is 0 Å². The number of halogens is 3. The summed E-state index contributed by atoms with van der Waals surface area (Å²) in [6, 6.07) is 14.3. The van der Waals surface area contributed by atoms with E-state index in [2.05, 4.69) is 10.6 Å². The number of aromatic carboxylic acids is 1. The number of benzene rings is 3. The summed E-state index contributed by atoms with van der Waals surface area (Å²) in [4.78, 5) is 11.3. The first kappa shape index (κ1) is 26.4. The van der Waals surface area contributed by atoms with Crippen LogP contribution in [-0.2, 0) is 15.5 Å². The molecule has 3 aromatic carbocycles. The van der Waals surface area contributed by atoms with E-state index in [1.807, 2.05) is 0 Å². The van der Waals surface area contributed by atoms with Crippen LogP contribution in [0.5, 0.6) is 0 Å². The van der Waals surface area contributed by atoms with E-state index in [0.29, 0.717) is 22.0 Å². The summed E-state index contributed by atoms with van der Waals surface area (Å²) in [5.41, 5.74) is 0.157. The molecule has 1 heterocycles. The lowest BCUT2D eigenvalue weighted by molar-refractivity contribution is 0.0696. The van der Waals surface area contributed by atoms with Crippen molar-refractivity contribution in [1.29, 1.82) is 0 Å². The van der Waals surface area contributed by atoms with E-state index in [-0.39, 0.29) is 22.1 Å². The molecule has 1 aliphatic heterocycles. The number of sulfone groups is 1. The molecule has 0 amide bonds. The van der Waals surface area contributed by atoms with Gasteiger partial charge in [-0.25, -0.2) is 22.0 Å². The fraction of sp³-hybridized carbons (Fsp3) is 0.321. The molecular formula is C28H27ClF2N2O4S. The summed E-state index contributed by atoms with van der Waals surface area (Å²) in [5, 5.41) is 16.4. The summed E-state index contributed by atoms with van der Waals surface area (Å²) < 4.78 is 56.0. The molecule has 1 fully saturated rings. The SMILES string of the molecule is O=C(O)c1ccc(S(=O)(=O)CC(C2CCCCC2)C2(c3ccc(Cl)cc3)Nc3cc(F)c(F)cc3N2)cc1. The molecule has 38 heavy (non-hydrogen) atoms. The van der Waals surface area contributed by atoms with Gasteiger partial charge in [-0.2, -0.15) is 0 Å². The maximum Gasteiger partial charge on any atom is 0.335 e. The Morgan fingerprint density at radius 1 is 0.947 bits per heavy atom. The number of hydrogen-bond acceptors (Lipinski definition) is 5. The number of carbonyl (C=O) groups is 1. The van der Waals surface area contributed by atoms with E-state index in [4.69, 9.17) is 11.6 Å². The summed E-state index contributed by atoms with van der Waals surface area (Å²) in [6.07, 6.45) is 4.55. The summed E-state index contributed by atoms with van der Waals surface area (Å²) in [5.74, 6) is -4.00. The van der Waals surface area contributed by atoms with Crippen LogP contribution in [0.15, 0.2) is 65.6 Å². The molecule has 6 nitrogen and oxygen atoms in total. The van der Waals surface area contributed by atoms with Crippen LogP contribution < -0.4 is 10.6 Å². The van der Waals surface area contributed by atoms with Gasteiger partial charge in [0.25, 0.3) is 0 Å². The summed E-state index contributed by atoms with van der Waals surface area (Å²) in [6.45, 7) is 0. The second kappa shape index (κ2) is 10.2. The van der Waals surface area contributed by atoms with Crippen LogP contribution in [0, 0.1) is 23.5 Å². The molecule has 0 aromatic heterocycles. The maximum absolute atomic E-state index is 14.2. The predicted octanol–water partition coefficient (Wildman–Crippen LogP) is 6.68. The fourth-order valence-electron chi connectivity index (χ4n) is 5.75. The Kier molecular flexibility index (Phi) is 7.09. The monoisotopic (exact) mass is 560 g/mol. The minimum atomic E-state index is -3.89. The van der Waals surface area contributed by atoms with E-state index in [1.54, 1.807) is 24.3 Å². The molecule has 0 saturated heterocycles. The summed E-state index contributed by atoms with van der Waals surface area (Å²) >= 11 is 6.17. The third-order valence-corrected chi connectivity index (χ3v) is 9.70. The highest BCUT2D eigenvalue weighted by Crippen LogP contribution is 2.50. The van der Waals surface area contributed by atoms with Crippen molar-refractivity contribution in [1.82, 2.24) is 0 Å². The zero-order valence-electron chi connectivity index (χ0n) is 20.4. The molecule has 3 N–H and O–H groups in total. The van der Waals surface area contributed by atoms with E-state index in [0.717, 1.165) is 44.2 Å². The minimum Gasteiger partial charge on any atom is -0.478 e. The molecule has 1 aliphatic carbocycles. The number of fused-ring (bicyclic) bond motifs is 1. The topological polar surface area (TPSA) is 95.5 Å². The smallest absolute Gasteiger partial charge is 0.335 e. The zero-order chi connectivity index (χ0) is 27.1. The molecule has 5 rings (SSSR count). The van der Waals surface area contributed by atoms with Crippen molar-refractivity contribution < 1.29 is 27.1 Å². The van der Waals surface area contributed by atoms with Gasteiger partial charge in [0.2, 0.25) is 0 Å². The van der Waals surface area contributed by atoms with Gasteiger partial charge in [0, 0.05) is 23.1 Å². The number of rotatable bonds is 7. The molecule has 200 valence electrons. The minimum absolute atomic E-state index is 0.0101. The molecule has 0 bridgehead atoms. The van der Waals surface area contributed by atoms with Gasteiger partial charge in [-0.15, -0.1) is 0 Å². The van der Waals surface area contributed by atoms with Crippen molar-refractivity contribution in [2.24, 2.45) is 11.8 Å². The first-order valence-electron chi connectivity index (χ1n) is 12.5. The third kappa shape index (κ3) is 4.97. The first-order valence-corrected chi connectivity index (χ1v) is 14.5. The summed E-state index contributed by atoms with van der Waals surface area (Å²) in [7, 11) is -3.89. The van der Waals surface area contributed by atoms with Gasteiger partial charge in [0.05, 0.1) is 27.6 Å². The maximum atomic E-state index is 14.2. The molecule has 0 spiro atoms. The lowest BCUT2D eigenvalue weighted by Crippen LogP contribution is -2.52. The van der Waals surface area contributed by atoms with Crippen molar-refractivity contribution in [2.75, 3.05) is 16.4 Å². The fourth-order valence-corrected chi connectivity index (χ4v) is 7.62. The Labute approximate surface area is 224 Å². The number of carboxylic acid groups (broad SMARTS) is 1. The highest BCUT2D eigenvalue weighted by molar-refractivity contribution is 7.91. The van der Waals surface area contributed by atoms with Gasteiger partial charge in [0.1, 0.15) is 5.66 Å². The van der Waals surface area contributed by atoms with E-state index in [9.17, 15) is 27.1 Å². The molecular weight excluding hydrogens is 534 g/mol. The van der Waals surface area contributed by atoms with Crippen LogP contribution in [0.3, 0.4) is 0 Å². The number of anilines is 2. The van der Waals surface area contributed by atoms with Gasteiger partial charge >= 0.3 is 5.97 Å². The lowest BCUT2D eigenvalue weighted by atomic mass is 9.72. The van der Waals surface area contributed by atoms with E-state index < -0.39 is 39.0 Å². The van der Waals surface area contributed by atoms with Gasteiger partial charge < -0.3 is 15.7 Å². The number of hydrogen-bond donors (Lipinski definition) is 3. The predicted molar refractivity (Wildman–Crippen MR) is 142 cm³/mol. The van der Waals surface area contributed by atoms with Crippen molar-refractivity contribution >= 4 is 38.8 Å². The Bertz CT molecular complexity index is 1430. The van der Waals surface area contributed by atoms with Gasteiger partial charge in [0.15, 0.2) is 21.5 Å². The first-order chi connectivity index (χ1) is 18.1. The average molecular weight is 561 g/mol. The lowest BCUT2D eigenvalue weighted by Gasteiger charge is -2.44. The van der Waals surface area contributed by atoms with Gasteiger partial charge in [-0.3, -0.25) is 0 Å². The third-order valence-electron chi connectivity index (χ3n) is 7.66. The molecule has 3 aromatic rings. The van der Waals surface area contributed by atoms with Crippen molar-refractivity contribution in [3.05, 3.63) is 88.4 Å². The molecule has 1 unspecified atom stereocenters. The largest absolute Gasteiger partial charge is 0.478 e. The number of carboxylic acids is 1. The highest BCUT2D eigenvalue weighted by atomic mass is 35.5. The van der Waals surface area contributed by atoms with Gasteiger partial charge in [-0.05, 0) is 60.7 Å². The molecule has 2 aliphatic rings. The van der Waals surface area contributed by atoms with E-state index in [1.165, 1.54) is 24.3 Å². The van der Waals surface area contributed by atoms with Crippen LogP contribution in [0.1, 0.15) is 48.0 Å². The molecule has 1 saturated carbocycles. The Balaban J connectivity index is 1.62. The zero-order valence-corrected chi connectivity index (χ0v) is 22.0. The normalized spacial score (nSPS) is 17.8. The Hall–Kier alpha value is -3.17. The van der Waals surface area contributed by atoms with Crippen molar-refractivity contribution in [2.45, 2.75) is 42.7 Å². The highest BCUT2D eigenvalue weighted by Gasteiger charge is 2.50. The van der Waals surface area contributed by atoms with Crippen LogP contribution in [0.25, 0.3) is 0 Å². The van der Waals surface area contributed by atoms with Crippen LogP contribution in [0.2, 0.25) is 5.02 Å². The average Bonchev–Trinajstić information content (AvgIpc) is 3.27. The van der Waals surface area contributed by atoms with Crippen LogP contribution >= 0.6 is 11.6 Å². The second-order valence-electron chi connectivity index (χ2n) is 9.99. The Morgan fingerprint density at radius 3 is 2.03 bits per heavy atom. The molecule has 0 radical (unpaired) electrons. The van der Waals surface area contributed by atoms with Crippen molar-refractivity contribution in [3.63, 3.8) is 0 Å². The van der Waals surface area contributed by atoms with Crippen LogP contribution in [-0.4, -0.2) is 25.2 Å². The quantitative estimate of drug-likeness (QED) is 0.298. The second-order valence-corrected chi connectivity index (χ2v) is 12.5. The number of nitrogens with one attached hydrogen (secondary N) is 2. The van der Waals surface area contributed by atoms with Crippen molar-refractivity contribution in [3.8, 4) is 0 Å². The molecule has 1 atom stereocenters. The van der Waals surface area contributed by atoms with Gasteiger partial charge in [-0.1, -0.05) is 43.0 Å².